The summed E-state index contributed by atoms with van der Waals surface area (Å²) in [4.78, 5) is 11.6. The van der Waals surface area contributed by atoms with Crippen molar-refractivity contribution in [2.75, 3.05) is 13.2 Å². The third kappa shape index (κ3) is 3.48. The minimum Gasteiger partial charge on any atom is -0.493 e. The van der Waals surface area contributed by atoms with Crippen molar-refractivity contribution in [2.24, 2.45) is 11.8 Å². The van der Waals surface area contributed by atoms with E-state index in [1.807, 2.05) is 30.3 Å². The molecule has 3 heteroatoms. The Hall–Kier alpha value is -1.51. The van der Waals surface area contributed by atoms with Gasteiger partial charge in [0, 0.05) is 18.4 Å². The molecule has 2 atom stereocenters. The maximum Gasteiger partial charge on any atom is 0.223 e. The first-order chi connectivity index (χ1) is 8.31. The molecule has 0 aromatic heterocycles. The van der Waals surface area contributed by atoms with Crippen LogP contribution in [0.3, 0.4) is 0 Å². The number of hydrogen-bond acceptors (Lipinski definition) is 2. The highest BCUT2D eigenvalue weighted by atomic mass is 16.5. The predicted molar refractivity (Wildman–Crippen MR) is 66.8 cm³/mol. The molecule has 2 rings (SSSR count). The van der Waals surface area contributed by atoms with Gasteiger partial charge in [0.1, 0.15) is 5.75 Å². The fraction of sp³-hybridized carbons (Fsp3) is 0.500. The average molecular weight is 233 g/mol. The van der Waals surface area contributed by atoms with Gasteiger partial charge in [-0.05, 0) is 25.0 Å². The van der Waals surface area contributed by atoms with Gasteiger partial charge in [0.05, 0.1) is 6.61 Å². The molecule has 0 aliphatic heterocycles. The Labute approximate surface area is 102 Å². The summed E-state index contributed by atoms with van der Waals surface area (Å²) < 4.78 is 5.63. The highest BCUT2D eigenvalue weighted by Gasteiger charge is 2.43. The lowest BCUT2D eigenvalue weighted by Gasteiger charge is -2.05. The van der Waals surface area contributed by atoms with E-state index >= 15 is 0 Å². The van der Waals surface area contributed by atoms with Crippen molar-refractivity contribution in [3.8, 4) is 5.75 Å². The second-order valence-electron chi connectivity index (χ2n) is 4.52. The number of amides is 1. The van der Waals surface area contributed by atoms with Crippen LogP contribution < -0.4 is 10.1 Å². The highest BCUT2D eigenvalue weighted by Crippen LogP contribution is 2.38. The van der Waals surface area contributed by atoms with Crippen molar-refractivity contribution in [3.05, 3.63) is 30.3 Å². The molecule has 0 radical (unpaired) electrons. The van der Waals surface area contributed by atoms with Crippen LogP contribution in [0, 0.1) is 11.8 Å². The molecule has 2 unspecified atom stereocenters. The van der Waals surface area contributed by atoms with Crippen LogP contribution in [0.15, 0.2) is 30.3 Å². The number of rotatable bonds is 6. The maximum absolute atomic E-state index is 11.6. The molecule has 92 valence electrons. The summed E-state index contributed by atoms with van der Waals surface area (Å²) >= 11 is 0. The van der Waals surface area contributed by atoms with E-state index in [0.29, 0.717) is 12.5 Å². The summed E-state index contributed by atoms with van der Waals surface area (Å²) in [6.07, 6.45) is 1.95. The van der Waals surface area contributed by atoms with E-state index in [0.717, 1.165) is 25.1 Å². The molecule has 0 bridgehead atoms. The fourth-order valence-electron chi connectivity index (χ4n) is 1.85. The van der Waals surface area contributed by atoms with E-state index in [2.05, 4.69) is 12.2 Å². The van der Waals surface area contributed by atoms with Crippen LogP contribution in [-0.4, -0.2) is 19.1 Å². The molecule has 1 saturated carbocycles. The molecule has 0 heterocycles. The number of carbonyl (C=O) groups is 1. The Kier molecular flexibility index (Phi) is 4.02. The third-order valence-corrected chi connectivity index (χ3v) is 3.02. The Morgan fingerprint density at radius 2 is 2.18 bits per heavy atom. The van der Waals surface area contributed by atoms with E-state index < -0.39 is 0 Å². The smallest absolute Gasteiger partial charge is 0.223 e. The van der Waals surface area contributed by atoms with Crippen LogP contribution in [0.5, 0.6) is 5.75 Å². The first-order valence-electron chi connectivity index (χ1n) is 6.27. The van der Waals surface area contributed by atoms with Gasteiger partial charge in [-0.15, -0.1) is 0 Å². The molecule has 1 N–H and O–H groups in total. The number of carbonyl (C=O) groups excluding carboxylic acids is 1. The maximum atomic E-state index is 11.6. The summed E-state index contributed by atoms with van der Waals surface area (Å²) in [5.74, 6) is 1.64. The van der Waals surface area contributed by atoms with Gasteiger partial charge in [-0.25, -0.2) is 0 Å². The number of nitrogens with one attached hydrogen (secondary N) is 1. The van der Waals surface area contributed by atoms with E-state index in [-0.39, 0.29) is 11.8 Å². The first kappa shape index (κ1) is 12.0. The number of para-hydroxylation sites is 1. The van der Waals surface area contributed by atoms with Gasteiger partial charge in [0.25, 0.3) is 0 Å². The van der Waals surface area contributed by atoms with Crippen LogP contribution in [0.25, 0.3) is 0 Å². The Morgan fingerprint density at radius 1 is 1.41 bits per heavy atom. The molecular formula is C14H19NO2. The third-order valence-electron chi connectivity index (χ3n) is 3.02. The van der Waals surface area contributed by atoms with Gasteiger partial charge in [-0.2, -0.15) is 0 Å². The van der Waals surface area contributed by atoms with Gasteiger partial charge >= 0.3 is 0 Å². The first-order valence-corrected chi connectivity index (χ1v) is 6.27. The molecule has 1 aliphatic carbocycles. The second-order valence-corrected chi connectivity index (χ2v) is 4.52. The molecule has 1 aliphatic rings. The molecule has 1 aromatic rings. The normalized spacial score (nSPS) is 21.9. The Balaban J connectivity index is 1.68. The monoisotopic (exact) mass is 233 g/mol. The van der Waals surface area contributed by atoms with Gasteiger partial charge < -0.3 is 10.1 Å². The van der Waals surface area contributed by atoms with Gasteiger partial charge in [0.2, 0.25) is 5.91 Å². The SMILES string of the molecule is CCCNC(=O)C1CC1COc1ccccc1. The molecule has 1 fully saturated rings. The van der Waals surface area contributed by atoms with Crippen molar-refractivity contribution in [3.63, 3.8) is 0 Å². The summed E-state index contributed by atoms with van der Waals surface area (Å²) in [7, 11) is 0. The van der Waals surface area contributed by atoms with Crippen molar-refractivity contribution in [1.82, 2.24) is 5.32 Å². The Morgan fingerprint density at radius 3 is 2.88 bits per heavy atom. The van der Waals surface area contributed by atoms with Crippen molar-refractivity contribution in [1.29, 1.82) is 0 Å². The zero-order chi connectivity index (χ0) is 12.1. The van der Waals surface area contributed by atoms with E-state index in [4.69, 9.17) is 4.74 Å². The van der Waals surface area contributed by atoms with E-state index in [1.54, 1.807) is 0 Å². The van der Waals surface area contributed by atoms with Gasteiger partial charge in [-0.3, -0.25) is 4.79 Å². The summed E-state index contributed by atoms with van der Waals surface area (Å²) in [6.45, 7) is 3.49. The predicted octanol–water partition coefficient (Wildman–Crippen LogP) is 2.23. The van der Waals surface area contributed by atoms with Gasteiger partial charge in [0.15, 0.2) is 0 Å². The van der Waals surface area contributed by atoms with Crippen molar-refractivity contribution < 1.29 is 9.53 Å². The Bertz CT molecular complexity index is 364. The van der Waals surface area contributed by atoms with E-state index in [9.17, 15) is 4.79 Å². The minimum atomic E-state index is 0.172. The quantitative estimate of drug-likeness (QED) is 0.818. The minimum absolute atomic E-state index is 0.172. The van der Waals surface area contributed by atoms with Crippen LogP contribution in [0.1, 0.15) is 19.8 Å². The molecule has 1 amide bonds. The van der Waals surface area contributed by atoms with Crippen molar-refractivity contribution in [2.45, 2.75) is 19.8 Å². The number of hydrogen-bond donors (Lipinski definition) is 1. The molecular weight excluding hydrogens is 214 g/mol. The standard InChI is InChI=1S/C14H19NO2/c1-2-8-15-14(16)13-9-11(13)10-17-12-6-4-3-5-7-12/h3-7,11,13H,2,8-10H2,1H3,(H,15,16). The lowest BCUT2D eigenvalue weighted by molar-refractivity contribution is -0.122. The fourth-order valence-corrected chi connectivity index (χ4v) is 1.85. The highest BCUT2D eigenvalue weighted by molar-refractivity contribution is 5.81. The molecule has 3 nitrogen and oxygen atoms in total. The van der Waals surface area contributed by atoms with Crippen LogP contribution in [0.4, 0.5) is 0 Å². The van der Waals surface area contributed by atoms with Crippen molar-refractivity contribution >= 4 is 5.91 Å². The van der Waals surface area contributed by atoms with E-state index in [1.165, 1.54) is 0 Å². The van der Waals surface area contributed by atoms with Crippen LogP contribution >= 0.6 is 0 Å². The lowest BCUT2D eigenvalue weighted by Crippen LogP contribution is -2.26. The topological polar surface area (TPSA) is 38.3 Å². The largest absolute Gasteiger partial charge is 0.493 e. The molecule has 0 spiro atoms. The second kappa shape index (κ2) is 5.71. The average Bonchev–Trinajstić information content (AvgIpc) is 3.14. The van der Waals surface area contributed by atoms with Crippen LogP contribution in [-0.2, 0) is 4.79 Å². The lowest BCUT2D eigenvalue weighted by atomic mass is 10.3. The molecule has 17 heavy (non-hydrogen) atoms. The number of benzene rings is 1. The zero-order valence-corrected chi connectivity index (χ0v) is 10.2. The molecule has 0 saturated heterocycles. The summed E-state index contributed by atoms with van der Waals surface area (Å²) in [5, 5.41) is 2.93. The molecule has 1 aromatic carbocycles. The number of ether oxygens (including phenoxy) is 1. The zero-order valence-electron chi connectivity index (χ0n) is 10.2. The van der Waals surface area contributed by atoms with Gasteiger partial charge in [-0.1, -0.05) is 25.1 Å². The summed E-state index contributed by atoms with van der Waals surface area (Å²) in [5.41, 5.74) is 0. The summed E-state index contributed by atoms with van der Waals surface area (Å²) in [6, 6.07) is 9.75. The van der Waals surface area contributed by atoms with Crippen LogP contribution in [0.2, 0.25) is 0 Å².